The molecule has 0 saturated carbocycles. The average Bonchev–Trinajstić information content (AvgIpc) is 2.54. The smallest absolute Gasteiger partial charge is 0.119 e. The molecule has 0 fully saturated rings. The summed E-state index contributed by atoms with van der Waals surface area (Å²) in [5, 5.41) is 0. The first kappa shape index (κ1) is 15.7. The molecule has 0 radical (unpaired) electrons. The number of nitrogens with zero attached hydrogens (tertiary/aromatic N) is 1. The van der Waals surface area contributed by atoms with Crippen molar-refractivity contribution in [1.82, 2.24) is 0 Å². The predicted molar refractivity (Wildman–Crippen MR) is 97.7 cm³/mol. The van der Waals surface area contributed by atoms with Crippen molar-refractivity contribution < 1.29 is 4.74 Å². The third-order valence-corrected chi connectivity index (χ3v) is 4.72. The van der Waals surface area contributed by atoms with E-state index >= 15 is 0 Å². The second kappa shape index (κ2) is 6.11. The van der Waals surface area contributed by atoms with Gasteiger partial charge in [0, 0.05) is 16.9 Å². The third kappa shape index (κ3) is 2.98. The Morgan fingerprint density at radius 3 is 2.52 bits per heavy atom. The van der Waals surface area contributed by atoms with Crippen molar-refractivity contribution in [2.45, 2.75) is 38.6 Å². The van der Waals surface area contributed by atoms with Gasteiger partial charge in [-0.25, -0.2) is 0 Å². The van der Waals surface area contributed by atoms with Gasteiger partial charge in [-0.1, -0.05) is 23.8 Å². The lowest BCUT2D eigenvalue weighted by molar-refractivity contribution is 0.403. The van der Waals surface area contributed by atoms with Crippen LogP contribution in [0.15, 0.2) is 60.7 Å². The fraction of sp³-hybridized carbons (Fsp3) is 0.333. The van der Waals surface area contributed by atoms with E-state index in [0.717, 1.165) is 25.0 Å². The lowest BCUT2D eigenvalue weighted by Crippen LogP contribution is -2.47. The van der Waals surface area contributed by atoms with Gasteiger partial charge in [-0.3, -0.25) is 0 Å². The van der Waals surface area contributed by atoms with Crippen LogP contribution in [0.25, 0.3) is 0 Å². The van der Waals surface area contributed by atoms with E-state index < -0.39 is 0 Å². The molecular formula is C21H25NO. The van der Waals surface area contributed by atoms with Gasteiger partial charge in [-0.2, -0.15) is 0 Å². The lowest BCUT2D eigenvalue weighted by atomic mass is 9.80. The highest BCUT2D eigenvalue weighted by molar-refractivity contribution is 5.71. The predicted octanol–water partition coefficient (Wildman–Crippen LogP) is 5.50. The maximum absolute atomic E-state index is 5.31. The number of ether oxygens (including phenoxy) is 1. The summed E-state index contributed by atoms with van der Waals surface area (Å²) in [6, 6.07) is 17.1. The van der Waals surface area contributed by atoms with E-state index in [4.69, 9.17) is 4.74 Å². The number of hydrogen-bond acceptors (Lipinski definition) is 2. The van der Waals surface area contributed by atoms with Gasteiger partial charge in [0.15, 0.2) is 0 Å². The fourth-order valence-corrected chi connectivity index (χ4v) is 3.75. The van der Waals surface area contributed by atoms with Crippen molar-refractivity contribution in [1.29, 1.82) is 0 Å². The summed E-state index contributed by atoms with van der Waals surface area (Å²) in [6.07, 6.45) is 3.24. The Balaban J connectivity index is 2.10. The van der Waals surface area contributed by atoms with Crippen LogP contribution in [-0.2, 0) is 6.42 Å². The van der Waals surface area contributed by atoms with Gasteiger partial charge in [0.25, 0.3) is 0 Å². The largest absolute Gasteiger partial charge is 0.497 e. The SMILES string of the molecule is C=C(C)C[C@@]1(C)CCc2ccccc2N1c1ccc(OC)cc1. The van der Waals surface area contributed by atoms with E-state index in [0.29, 0.717) is 0 Å². The minimum absolute atomic E-state index is 0.0504. The molecule has 0 unspecified atom stereocenters. The van der Waals surface area contributed by atoms with Crippen LogP contribution in [0.2, 0.25) is 0 Å². The maximum Gasteiger partial charge on any atom is 0.119 e. The van der Waals surface area contributed by atoms with Crippen LogP contribution in [0, 0.1) is 0 Å². The van der Waals surface area contributed by atoms with Crippen LogP contribution in [-0.4, -0.2) is 12.6 Å². The molecule has 0 amide bonds. The number of benzene rings is 2. The highest BCUT2D eigenvalue weighted by Crippen LogP contribution is 2.45. The molecule has 0 N–H and O–H groups in total. The van der Waals surface area contributed by atoms with Gasteiger partial charge < -0.3 is 9.64 Å². The van der Waals surface area contributed by atoms with Crippen LogP contribution in [0.3, 0.4) is 0 Å². The Morgan fingerprint density at radius 1 is 1.17 bits per heavy atom. The quantitative estimate of drug-likeness (QED) is 0.691. The van der Waals surface area contributed by atoms with Crippen molar-refractivity contribution in [3.63, 3.8) is 0 Å². The van der Waals surface area contributed by atoms with Crippen LogP contribution in [0.5, 0.6) is 5.75 Å². The molecule has 2 nitrogen and oxygen atoms in total. The number of rotatable bonds is 4. The summed E-state index contributed by atoms with van der Waals surface area (Å²) in [5.41, 5.74) is 5.22. The second-order valence-corrected chi connectivity index (χ2v) is 6.79. The zero-order valence-corrected chi connectivity index (χ0v) is 14.3. The van der Waals surface area contributed by atoms with Crippen LogP contribution in [0.1, 0.15) is 32.3 Å². The van der Waals surface area contributed by atoms with Crippen LogP contribution in [0.4, 0.5) is 11.4 Å². The molecule has 0 bridgehead atoms. The number of fused-ring (bicyclic) bond motifs is 1. The molecule has 1 heterocycles. The fourth-order valence-electron chi connectivity index (χ4n) is 3.75. The summed E-state index contributed by atoms with van der Waals surface area (Å²) < 4.78 is 5.31. The molecule has 1 aliphatic rings. The highest BCUT2D eigenvalue weighted by Gasteiger charge is 2.37. The Hall–Kier alpha value is -2.22. The summed E-state index contributed by atoms with van der Waals surface area (Å²) in [6.45, 7) is 8.63. The molecule has 2 aromatic carbocycles. The Bertz CT molecular complexity index is 704. The van der Waals surface area contributed by atoms with Gasteiger partial charge in [0.1, 0.15) is 5.75 Å². The normalized spacial score (nSPS) is 20.0. The minimum Gasteiger partial charge on any atom is -0.497 e. The van der Waals surface area contributed by atoms with Crippen molar-refractivity contribution in [2.24, 2.45) is 0 Å². The van der Waals surface area contributed by atoms with Gasteiger partial charge in [0.2, 0.25) is 0 Å². The van der Waals surface area contributed by atoms with Crippen molar-refractivity contribution in [3.8, 4) is 5.75 Å². The van der Waals surface area contributed by atoms with Crippen molar-refractivity contribution in [3.05, 3.63) is 66.2 Å². The van der Waals surface area contributed by atoms with E-state index in [1.807, 2.05) is 12.1 Å². The molecule has 2 aromatic rings. The second-order valence-electron chi connectivity index (χ2n) is 6.79. The number of aryl methyl sites for hydroxylation is 1. The summed E-state index contributed by atoms with van der Waals surface area (Å²) in [5.74, 6) is 0.889. The molecule has 0 saturated heterocycles. The molecule has 23 heavy (non-hydrogen) atoms. The molecule has 3 rings (SSSR count). The molecule has 0 aromatic heterocycles. The summed E-state index contributed by atoms with van der Waals surface area (Å²) in [7, 11) is 1.70. The molecule has 0 aliphatic carbocycles. The number of methoxy groups -OCH3 is 1. The van der Waals surface area contributed by atoms with E-state index in [1.54, 1.807) is 7.11 Å². The first-order valence-electron chi connectivity index (χ1n) is 8.20. The topological polar surface area (TPSA) is 12.5 Å². The van der Waals surface area contributed by atoms with Crippen molar-refractivity contribution >= 4 is 11.4 Å². The Kier molecular flexibility index (Phi) is 4.16. The molecule has 2 heteroatoms. The van der Waals surface area contributed by atoms with Crippen LogP contribution >= 0.6 is 0 Å². The van der Waals surface area contributed by atoms with E-state index in [1.165, 1.54) is 22.5 Å². The van der Waals surface area contributed by atoms with Gasteiger partial charge >= 0.3 is 0 Å². The monoisotopic (exact) mass is 307 g/mol. The maximum atomic E-state index is 5.31. The van der Waals surface area contributed by atoms with E-state index in [-0.39, 0.29) is 5.54 Å². The van der Waals surface area contributed by atoms with Crippen LogP contribution < -0.4 is 9.64 Å². The van der Waals surface area contributed by atoms with Crippen molar-refractivity contribution in [2.75, 3.05) is 12.0 Å². The summed E-state index contributed by atoms with van der Waals surface area (Å²) in [4.78, 5) is 2.49. The molecule has 1 aliphatic heterocycles. The van der Waals surface area contributed by atoms with Gasteiger partial charge in [-0.15, -0.1) is 6.58 Å². The number of hydrogen-bond donors (Lipinski definition) is 0. The lowest BCUT2D eigenvalue weighted by Gasteiger charge is -2.47. The zero-order valence-electron chi connectivity index (χ0n) is 14.3. The third-order valence-electron chi connectivity index (χ3n) is 4.72. The Labute approximate surface area is 139 Å². The van der Waals surface area contributed by atoms with E-state index in [2.05, 4.69) is 61.7 Å². The summed E-state index contributed by atoms with van der Waals surface area (Å²) >= 11 is 0. The number of anilines is 2. The Morgan fingerprint density at radius 2 is 1.87 bits per heavy atom. The van der Waals surface area contributed by atoms with E-state index in [9.17, 15) is 0 Å². The number of para-hydroxylation sites is 1. The molecule has 120 valence electrons. The minimum atomic E-state index is 0.0504. The highest BCUT2D eigenvalue weighted by atomic mass is 16.5. The first-order chi connectivity index (χ1) is 11.0. The zero-order chi connectivity index (χ0) is 16.4. The standard InChI is InChI=1S/C21H25NO/c1-16(2)15-21(3)14-13-17-7-5-6-8-20(17)22(21)18-9-11-19(23-4)12-10-18/h5-12H,1,13-15H2,2-4H3/t21-/m1/s1. The molecule has 0 spiro atoms. The first-order valence-corrected chi connectivity index (χ1v) is 8.20. The van der Waals surface area contributed by atoms with Gasteiger partial charge in [-0.05, 0) is 69.0 Å². The molecule has 1 atom stereocenters. The average molecular weight is 307 g/mol. The molecular weight excluding hydrogens is 282 g/mol. The van der Waals surface area contributed by atoms with Gasteiger partial charge in [0.05, 0.1) is 7.11 Å².